The first-order valence-electron chi connectivity index (χ1n) is 7.37. The second kappa shape index (κ2) is 7.34. The highest BCUT2D eigenvalue weighted by molar-refractivity contribution is 8.01. The Morgan fingerprint density at radius 1 is 1.36 bits per heavy atom. The number of nitrogens with zero attached hydrogens (tertiary/aromatic N) is 4. The maximum atomic E-state index is 9.37. The highest BCUT2D eigenvalue weighted by Crippen LogP contribution is 2.35. The number of anilines is 1. The smallest absolute Gasteiger partial charge is 0.174 e. The molecular formula is C14H19N5OS2. The van der Waals surface area contributed by atoms with E-state index in [0.29, 0.717) is 5.92 Å². The molecule has 0 saturated heterocycles. The van der Waals surface area contributed by atoms with Crippen molar-refractivity contribution in [2.24, 2.45) is 0 Å². The lowest BCUT2D eigenvalue weighted by Crippen LogP contribution is -2.27. The molecule has 0 radical (unpaired) electrons. The van der Waals surface area contributed by atoms with E-state index in [1.807, 2.05) is 13.0 Å². The molecule has 3 rings (SSSR count). The normalized spacial score (nSPS) is 20.6. The summed E-state index contributed by atoms with van der Waals surface area (Å²) >= 11 is 3.38. The van der Waals surface area contributed by atoms with E-state index in [1.54, 1.807) is 29.4 Å². The maximum absolute atomic E-state index is 9.37. The predicted molar refractivity (Wildman–Crippen MR) is 88.5 cm³/mol. The van der Waals surface area contributed by atoms with Gasteiger partial charge in [-0.2, -0.15) is 0 Å². The summed E-state index contributed by atoms with van der Waals surface area (Å²) in [7, 11) is 0. The Kier molecular flexibility index (Phi) is 5.22. The van der Waals surface area contributed by atoms with E-state index in [9.17, 15) is 5.11 Å². The van der Waals surface area contributed by atoms with Crippen LogP contribution in [0.5, 0.6) is 0 Å². The zero-order chi connectivity index (χ0) is 15.4. The van der Waals surface area contributed by atoms with Crippen molar-refractivity contribution < 1.29 is 5.11 Å². The van der Waals surface area contributed by atoms with E-state index in [1.165, 1.54) is 0 Å². The molecule has 0 bridgehead atoms. The van der Waals surface area contributed by atoms with Gasteiger partial charge in [0.2, 0.25) is 0 Å². The zero-order valence-electron chi connectivity index (χ0n) is 12.4. The number of thioether (sulfide) groups is 1. The van der Waals surface area contributed by atoms with Crippen molar-refractivity contribution >= 4 is 28.9 Å². The molecule has 0 amide bonds. The van der Waals surface area contributed by atoms with Crippen LogP contribution in [0.4, 0.5) is 5.82 Å². The number of nitrogens with one attached hydrogen (secondary N) is 1. The summed E-state index contributed by atoms with van der Waals surface area (Å²) < 4.78 is 1.03. The fourth-order valence-corrected chi connectivity index (χ4v) is 4.13. The summed E-state index contributed by atoms with van der Waals surface area (Å²) in [5.41, 5.74) is 1.03. The number of aliphatic hydroxyl groups is 1. The number of aliphatic hydroxyl groups excluding tert-OH is 1. The first-order chi connectivity index (χ1) is 10.7. The Morgan fingerprint density at radius 2 is 2.23 bits per heavy atom. The molecule has 1 fully saturated rings. The molecule has 0 unspecified atom stereocenters. The molecule has 2 N–H and O–H groups in total. The van der Waals surface area contributed by atoms with Crippen molar-refractivity contribution in [1.82, 2.24) is 20.2 Å². The van der Waals surface area contributed by atoms with Crippen LogP contribution in [-0.2, 0) is 0 Å². The first-order valence-corrected chi connectivity index (χ1v) is 9.17. The van der Waals surface area contributed by atoms with E-state index in [4.69, 9.17) is 0 Å². The molecule has 118 valence electrons. The van der Waals surface area contributed by atoms with Gasteiger partial charge < -0.3 is 10.4 Å². The van der Waals surface area contributed by atoms with Gasteiger partial charge >= 0.3 is 0 Å². The fraction of sp³-hybridized carbons (Fsp3) is 0.571. The summed E-state index contributed by atoms with van der Waals surface area (Å²) in [4.78, 5) is 8.55. The van der Waals surface area contributed by atoms with Crippen LogP contribution in [0.1, 0.15) is 35.9 Å². The van der Waals surface area contributed by atoms with Crippen molar-refractivity contribution in [3.05, 3.63) is 23.1 Å². The molecule has 8 heteroatoms. The Balaban J connectivity index is 1.39. The molecule has 2 aromatic rings. The lowest BCUT2D eigenvalue weighted by Gasteiger charge is -2.30. The van der Waals surface area contributed by atoms with Crippen LogP contribution in [-0.4, -0.2) is 43.7 Å². The molecule has 2 aromatic heterocycles. The van der Waals surface area contributed by atoms with Crippen molar-refractivity contribution in [1.29, 1.82) is 0 Å². The molecule has 6 nitrogen and oxygen atoms in total. The maximum Gasteiger partial charge on any atom is 0.174 e. The number of rotatable bonds is 7. The van der Waals surface area contributed by atoms with Crippen molar-refractivity contribution in [3.63, 3.8) is 0 Å². The minimum Gasteiger partial charge on any atom is -0.393 e. The third-order valence-electron chi connectivity index (χ3n) is 3.58. The Bertz CT molecular complexity index is 615. The first kappa shape index (κ1) is 15.6. The second-order valence-corrected chi connectivity index (χ2v) is 7.89. The molecule has 0 aliphatic heterocycles. The van der Waals surface area contributed by atoms with Crippen LogP contribution >= 0.6 is 23.1 Å². The highest BCUT2D eigenvalue weighted by Gasteiger charge is 2.29. The molecule has 1 aliphatic carbocycles. The third-order valence-corrected chi connectivity index (χ3v) is 5.64. The number of hydrogen-bond donors (Lipinski definition) is 2. The quantitative estimate of drug-likeness (QED) is 0.593. The van der Waals surface area contributed by atoms with Gasteiger partial charge in [0.1, 0.15) is 17.2 Å². The average molecular weight is 337 g/mol. The standard InChI is InChI=1S/C14H19N5OS2/c1-9-18-19-14(22-9)21-4-2-3-15-13-7-12(16-8-17-13)10-5-11(20)6-10/h7-8,10-11,20H,2-6H2,1H3,(H,15,16,17). The lowest BCUT2D eigenvalue weighted by atomic mass is 9.80. The molecule has 1 aliphatic rings. The van der Waals surface area contributed by atoms with Crippen LogP contribution in [0.3, 0.4) is 0 Å². The summed E-state index contributed by atoms with van der Waals surface area (Å²) in [6.45, 7) is 2.84. The van der Waals surface area contributed by atoms with Gasteiger partial charge in [0.25, 0.3) is 0 Å². The largest absolute Gasteiger partial charge is 0.393 e. The number of aromatic nitrogens is 4. The molecule has 1 saturated carbocycles. The van der Waals surface area contributed by atoms with E-state index in [2.05, 4.69) is 25.5 Å². The molecule has 0 spiro atoms. The fourth-order valence-electron chi connectivity index (χ4n) is 2.31. The van der Waals surface area contributed by atoms with Gasteiger partial charge in [-0.3, -0.25) is 0 Å². The van der Waals surface area contributed by atoms with Gasteiger partial charge in [0.05, 0.1) is 6.10 Å². The summed E-state index contributed by atoms with van der Waals surface area (Å²) in [5.74, 6) is 2.26. The van der Waals surface area contributed by atoms with Crippen molar-refractivity contribution in [3.8, 4) is 0 Å². The van der Waals surface area contributed by atoms with Gasteiger partial charge in [-0.25, -0.2) is 9.97 Å². The minimum absolute atomic E-state index is 0.155. The van der Waals surface area contributed by atoms with Gasteiger partial charge in [-0.15, -0.1) is 10.2 Å². The average Bonchev–Trinajstić information content (AvgIpc) is 2.89. The van der Waals surface area contributed by atoms with E-state index in [0.717, 1.165) is 52.4 Å². The van der Waals surface area contributed by atoms with Gasteiger partial charge in [0.15, 0.2) is 4.34 Å². The second-order valence-electron chi connectivity index (χ2n) is 5.37. The summed E-state index contributed by atoms with van der Waals surface area (Å²) in [6, 6.07) is 2.00. The van der Waals surface area contributed by atoms with Gasteiger partial charge in [-0.1, -0.05) is 23.1 Å². The van der Waals surface area contributed by atoms with Gasteiger partial charge in [-0.05, 0) is 26.2 Å². The molecule has 2 heterocycles. The summed E-state index contributed by atoms with van der Waals surface area (Å²) in [6.07, 6.45) is 4.10. The monoisotopic (exact) mass is 337 g/mol. The summed E-state index contributed by atoms with van der Waals surface area (Å²) in [5, 5.41) is 21.8. The third kappa shape index (κ3) is 4.15. The van der Waals surface area contributed by atoms with Crippen LogP contribution in [0.2, 0.25) is 0 Å². The van der Waals surface area contributed by atoms with Crippen molar-refractivity contribution in [2.45, 2.75) is 42.5 Å². The van der Waals surface area contributed by atoms with E-state index < -0.39 is 0 Å². The van der Waals surface area contributed by atoms with E-state index in [-0.39, 0.29) is 6.10 Å². The Morgan fingerprint density at radius 3 is 2.95 bits per heavy atom. The van der Waals surface area contributed by atoms with Crippen LogP contribution < -0.4 is 5.32 Å². The van der Waals surface area contributed by atoms with Crippen LogP contribution in [0.25, 0.3) is 0 Å². The molecule has 0 aromatic carbocycles. The predicted octanol–water partition coefficient (Wildman–Crippen LogP) is 2.47. The zero-order valence-corrected chi connectivity index (χ0v) is 14.0. The topological polar surface area (TPSA) is 83.8 Å². The SMILES string of the molecule is Cc1nnc(SCCCNc2cc(C3CC(O)C3)ncn2)s1. The number of hydrogen-bond acceptors (Lipinski definition) is 8. The van der Waals surface area contributed by atoms with Crippen LogP contribution in [0.15, 0.2) is 16.7 Å². The van der Waals surface area contributed by atoms with Crippen LogP contribution in [0, 0.1) is 6.92 Å². The van der Waals surface area contributed by atoms with E-state index >= 15 is 0 Å². The number of aryl methyl sites for hydroxylation is 1. The Hall–Kier alpha value is -1.25. The van der Waals surface area contributed by atoms with Gasteiger partial charge in [0, 0.05) is 30.0 Å². The Labute approximate surface area is 137 Å². The molecule has 22 heavy (non-hydrogen) atoms. The van der Waals surface area contributed by atoms with Crippen molar-refractivity contribution in [2.75, 3.05) is 17.6 Å². The lowest BCUT2D eigenvalue weighted by molar-refractivity contribution is 0.0732. The molecule has 0 atom stereocenters. The highest BCUT2D eigenvalue weighted by atomic mass is 32.2. The molecular weight excluding hydrogens is 318 g/mol. The minimum atomic E-state index is -0.155.